The molecule has 98 valence electrons. The highest BCUT2D eigenvalue weighted by molar-refractivity contribution is 7.15. The first-order valence-corrected chi connectivity index (χ1v) is 7.53. The highest BCUT2D eigenvalue weighted by Crippen LogP contribution is 2.22. The summed E-state index contributed by atoms with van der Waals surface area (Å²) in [5.74, 6) is 0. The quantitative estimate of drug-likeness (QED) is 0.686. The SMILES string of the molecule is CCCNCc1cnc(N(CCC)CCC)s1. The van der Waals surface area contributed by atoms with Gasteiger partial charge in [0.1, 0.15) is 0 Å². The third-order valence-electron chi connectivity index (χ3n) is 2.52. The van der Waals surface area contributed by atoms with E-state index in [0.717, 1.165) is 26.2 Å². The van der Waals surface area contributed by atoms with E-state index in [1.165, 1.54) is 29.3 Å². The molecular weight excluding hydrogens is 230 g/mol. The first-order chi connectivity index (χ1) is 8.31. The van der Waals surface area contributed by atoms with Crippen LogP contribution >= 0.6 is 11.3 Å². The van der Waals surface area contributed by atoms with Crippen molar-refractivity contribution in [3.63, 3.8) is 0 Å². The van der Waals surface area contributed by atoms with Crippen LogP contribution in [0.5, 0.6) is 0 Å². The lowest BCUT2D eigenvalue weighted by Gasteiger charge is -2.19. The van der Waals surface area contributed by atoms with Crippen LogP contribution in [0.3, 0.4) is 0 Å². The number of nitrogens with zero attached hydrogens (tertiary/aromatic N) is 2. The van der Waals surface area contributed by atoms with Gasteiger partial charge < -0.3 is 10.2 Å². The van der Waals surface area contributed by atoms with Gasteiger partial charge in [-0.25, -0.2) is 4.98 Å². The number of hydrogen-bond donors (Lipinski definition) is 1. The van der Waals surface area contributed by atoms with Gasteiger partial charge in [0, 0.05) is 30.7 Å². The van der Waals surface area contributed by atoms with Crippen molar-refractivity contribution in [1.82, 2.24) is 10.3 Å². The number of nitrogens with one attached hydrogen (secondary N) is 1. The molecule has 0 saturated heterocycles. The molecule has 1 N–H and O–H groups in total. The van der Waals surface area contributed by atoms with Crippen LogP contribution in [-0.4, -0.2) is 24.6 Å². The molecule has 0 aromatic carbocycles. The van der Waals surface area contributed by atoms with Gasteiger partial charge in [-0.05, 0) is 25.8 Å². The summed E-state index contributed by atoms with van der Waals surface area (Å²) in [5.41, 5.74) is 0. The number of aromatic nitrogens is 1. The van der Waals surface area contributed by atoms with Crippen LogP contribution in [0, 0.1) is 0 Å². The van der Waals surface area contributed by atoms with Crippen LogP contribution in [0.1, 0.15) is 44.9 Å². The van der Waals surface area contributed by atoms with Gasteiger partial charge in [-0.1, -0.05) is 20.8 Å². The van der Waals surface area contributed by atoms with E-state index >= 15 is 0 Å². The van der Waals surface area contributed by atoms with E-state index in [0.29, 0.717) is 0 Å². The van der Waals surface area contributed by atoms with E-state index in [9.17, 15) is 0 Å². The molecule has 0 fully saturated rings. The molecule has 17 heavy (non-hydrogen) atoms. The maximum absolute atomic E-state index is 4.54. The van der Waals surface area contributed by atoms with Crippen molar-refractivity contribution >= 4 is 16.5 Å². The number of rotatable bonds is 9. The predicted octanol–water partition coefficient (Wildman–Crippen LogP) is 3.27. The third kappa shape index (κ3) is 5.04. The van der Waals surface area contributed by atoms with Crippen molar-refractivity contribution in [2.45, 2.75) is 46.6 Å². The molecule has 0 amide bonds. The number of anilines is 1. The van der Waals surface area contributed by atoms with Gasteiger partial charge in [0.15, 0.2) is 5.13 Å². The van der Waals surface area contributed by atoms with Crippen molar-refractivity contribution in [3.05, 3.63) is 11.1 Å². The summed E-state index contributed by atoms with van der Waals surface area (Å²) < 4.78 is 0. The summed E-state index contributed by atoms with van der Waals surface area (Å²) in [7, 11) is 0. The Morgan fingerprint density at radius 3 is 2.47 bits per heavy atom. The fourth-order valence-electron chi connectivity index (χ4n) is 1.76. The molecule has 0 atom stereocenters. The Kier molecular flexibility index (Phi) is 7.21. The van der Waals surface area contributed by atoms with E-state index < -0.39 is 0 Å². The van der Waals surface area contributed by atoms with E-state index in [1.54, 1.807) is 0 Å². The number of thiazole rings is 1. The normalized spacial score (nSPS) is 10.8. The smallest absolute Gasteiger partial charge is 0.185 e. The highest BCUT2D eigenvalue weighted by Gasteiger charge is 2.09. The van der Waals surface area contributed by atoms with Gasteiger partial charge in [0.05, 0.1) is 0 Å². The average molecular weight is 255 g/mol. The summed E-state index contributed by atoms with van der Waals surface area (Å²) in [6.45, 7) is 10.9. The Morgan fingerprint density at radius 1 is 1.18 bits per heavy atom. The van der Waals surface area contributed by atoms with E-state index in [-0.39, 0.29) is 0 Å². The van der Waals surface area contributed by atoms with Crippen LogP contribution in [0.15, 0.2) is 6.20 Å². The van der Waals surface area contributed by atoms with Crippen molar-refractivity contribution in [2.75, 3.05) is 24.5 Å². The second-order valence-corrected chi connectivity index (χ2v) is 5.37. The molecule has 4 heteroatoms. The van der Waals surface area contributed by atoms with Crippen molar-refractivity contribution < 1.29 is 0 Å². The molecule has 0 saturated carbocycles. The molecule has 0 aliphatic heterocycles. The van der Waals surface area contributed by atoms with Crippen LogP contribution in [0.4, 0.5) is 5.13 Å². The minimum Gasteiger partial charge on any atom is -0.348 e. The molecule has 0 unspecified atom stereocenters. The Hall–Kier alpha value is -0.610. The maximum Gasteiger partial charge on any atom is 0.185 e. The van der Waals surface area contributed by atoms with Crippen molar-refractivity contribution in [2.24, 2.45) is 0 Å². The second kappa shape index (κ2) is 8.48. The third-order valence-corrected chi connectivity index (χ3v) is 3.58. The zero-order valence-electron chi connectivity index (χ0n) is 11.3. The summed E-state index contributed by atoms with van der Waals surface area (Å²) in [5, 5.41) is 4.60. The molecule has 0 aliphatic carbocycles. The minimum atomic E-state index is 0.956. The van der Waals surface area contributed by atoms with Crippen LogP contribution in [-0.2, 0) is 6.54 Å². The lowest BCUT2D eigenvalue weighted by atomic mass is 10.4. The Balaban J connectivity index is 2.51. The van der Waals surface area contributed by atoms with Gasteiger partial charge in [-0.15, -0.1) is 11.3 Å². The highest BCUT2D eigenvalue weighted by atomic mass is 32.1. The molecular formula is C13H25N3S. The average Bonchev–Trinajstić information content (AvgIpc) is 2.78. The molecule has 0 bridgehead atoms. The molecule has 0 spiro atoms. The monoisotopic (exact) mass is 255 g/mol. The second-order valence-electron chi connectivity index (χ2n) is 4.27. The zero-order valence-corrected chi connectivity index (χ0v) is 12.1. The van der Waals surface area contributed by atoms with Gasteiger partial charge in [-0.3, -0.25) is 0 Å². The first-order valence-electron chi connectivity index (χ1n) is 6.72. The molecule has 1 aromatic rings. The van der Waals surface area contributed by atoms with Crippen LogP contribution in [0.25, 0.3) is 0 Å². The zero-order chi connectivity index (χ0) is 12.5. The number of hydrogen-bond acceptors (Lipinski definition) is 4. The Labute approximate surface area is 109 Å². The minimum absolute atomic E-state index is 0.956. The fraction of sp³-hybridized carbons (Fsp3) is 0.769. The summed E-state index contributed by atoms with van der Waals surface area (Å²) >= 11 is 1.82. The van der Waals surface area contributed by atoms with E-state index in [4.69, 9.17) is 0 Å². The Morgan fingerprint density at radius 2 is 1.88 bits per heavy atom. The van der Waals surface area contributed by atoms with E-state index in [2.05, 4.69) is 36.0 Å². The van der Waals surface area contributed by atoms with Crippen molar-refractivity contribution in [1.29, 1.82) is 0 Å². The lowest BCUT2D eigenvalue weighted by molar-refractivity contribution is 0.681. The van der Waals surface area contributed by atoms with Crippen molar-refractivity contribution in [3.8, 4) is 0 Å². The van der Waals surface area contributed by atoms with Gasteiger partial charge in [-0.2, -0.15) is 0 Å². The van der Waals surface area contributed by atoms with Gasteiger partial charge >= 0.3 is 0 Å². The molecule has 1 aromatic heterocycles. The van der Waals surface area contributed by atoms with Gasteiger partial charge in [0.2, 0.25) is 0 Å². The fourth-order valence-corrected chi connectivity index (χ4v) is 2.69. The molecule has 0 aliphatic rings. The van der Waals surface area contributed by atoms with E-state index in [1.807, 2.05) is 17.5 Å². The molecule has 1 rings (SSSR count). The van der Waals surface area contributed by atoms with Crippen LogP contribution < -0.4 is 10.2 Å². The predicted molar refractivity (Wildman–Crippen MR) is 76.9 cm³/mol. The topological polar surface area (TPSA) is 28.2 Å². The standard InChI is InChI=1S/C13H25N3S/c1-4-7-14-10-12-11-15-13(17-12)16(8-5-2)9-6-3/h11,14H,4-10H2,1-3H3. The summed E-state index contributed by atoms with van der Waals surface area (Å²) in [6.07, 6.45) is 5.57. The first kappa shape index (κ1) is 14.5. The Bertz CT molecular complexity index is 293. The molecule has 3 nitrogen and oxygen atoms in total. The molecule has 1 heterocycles. The lowest BCUT2D eigenvalue weighted by Crippen LogP contribution is -2.24. The van der Waals surface area contributed by atoms with Gasteiger partial charge in [0.25, 0.3) is 0 Å². The maximum atomic E-state index is 4.54. The summed E-state index contributed by atoms with van der Waals surface area (Å²) in [6, 6.07) is 0. The van der Waals surface area contributed by atoms with Crippen LogP contribution in [0.2, 0.25) is 0 Å². The summed E-state index contributed by atoms with van der Waals surface area (Å²) in [4.78, 5) is 8.27. The molecule has 0 radical (unpaired) electrons. The largest absolute Gasteiger partial charge is 0.348 e.